The fourth-order valence-electron chi connectivity index (χ4n) is 3.50. The molecule has 2 aromatic carbocycles. The van der Waals surface area contributed by atoms with Gasteiger partial charge in [0.2, 0.25) is 0 Å². The molecule has 0 amide bonds. The number of methoxy groups -OCH3 is 3. The van der Waals surface area contributed by atoms with Crippen LogP contribution < -0.4 is 14.2 Å². The molecule has 5 nitrogen and oxygen atoms in total. The van der Waals surface area contributed by atoms with Gasteiger partial charge in [0.1, 0.15) is 17.2 Å². The van der Waals surface area contributed by atoms with Crippen molar-refractivity contribution < 1.29 is 19.0 Å². The van der Waals surface area contributed by atoms with Gasteiger partial charge in [-0.25, -0.2) is 0 Å². The van der Waals surface area contributed by atoms with E-state index in [1.165, 1.54) is 6.08 Å². The first-order valence-electron chi connectivity index (χ1n) is 9.67. The molecule has 0 radical (unpaired) electrons. The number of hydrogen-bond acceptors (Lipinski definition) is 5. The van der Waals surface area contributed by atoms with Crippen molar-refractivity contribution >= 4 is 29.0 Å². The molecule has 1 aliphatic rings. The molecule has 3 rings (SSSR count). The minimum atomic E-state index is -0.133. The van der Waals surface area contributed by atoms with E-state index in [0.29, 0.717) is 33.4 Å². The van der Waals surface area contributed by atoms with Crippen molar-refractivity contribution in [2.24, 2.45) is 0 Å². The lowest BCUT2D eigenvalue weighted by molar-refractivity contribution is 0.104. The minimum Gasteiger partial charge on any atom is -0.496 e. The Morgan fingerprint density at radius 3 is 2.33 bits per heavy atom. The smallest absolute Gasteiger partial charge is 0.185 e. The van der Waals surface area contributed by atoms with E-state index in [-0.39, 0.29) is 5.78 Å². The van der Waals surface area contributed by atoms with Gasteiger partial charge in [0.15, 0.2) is 5.78 Å². The third kappa shape index (κ3) is 4.69. The van der Waals surface area contributed by atoms with Gasteiger partial charge in [-0.3, -0.25) is 4.79 Å². The zero-order valence-corrected chi connectivity index (χ0v) is 18.5. The molecule has 0 spiro atoms. The SMILES string of the molecule is COc1cc(OC)c(C2=CCN(C)CC2)c(OC)c1/C=C/C(=O)c1ccc(Cl)cc1. The van der Waals surface area contributed by atoms with Crippen LogP contribution in [0.2, 0.25) is 5.02 Å². The van der Waals surface area contributed by atoms with Crippen LogP contribution >= 0.6 is 11.6 Å². The number of rotatable bonds is 7. The molecule has 0 fully saturated rings. The molecule has 0 bridgehead atoms. The summed E-state index contributed by atoms with van der Waals surface area (Å²) in [4.78, 5) is 14.9. The second kappa shape index (κ2) is 9.83. The highest BCUT2D eigenvalue weighted by atomic mass is 35.5. The van der Waals surface area contributed by atoms with Crippen LogP contribution in [0, 0.1) is 0 Å². The predicted octanol–water partition coefficient (Wildman–Crippen LogP) is 4.98. The molecule has 158 valence electrons. The Morgan fingerprint density at radius 1 is 1.07 bits per heavy atom. The van der Waals surface area contributed by atoms with E-state index in [4.69, 9.17) is 25.8 Å². The van der Waals surface area contributed by atoms with Gasteiger partial charge in [-0.05, 0) is 55.5 Å². The summed E-state index contributed by atoms with van der Waals surface area (Å²) in [7, 11) is 6.92. The van der Waals surface area contributed by atoms with Gasteiger partial charge in [-0.2, -0.15) is 0 Å². The molecular formula is C24H26ClNO4. The summed E-state index contributed by atoms with van der Waals surface area (Å²) in [6.45, 7) is 1.80. The lowest BCUT2D eigenvalue weighted by atomic mass is 9.94. The molecule has 1 heterocycles. The van der Waals surface area contributed by atoms with Crippen molar-refractivity contribution in [3.05, 3.63) is 64.2 Å². The summed E-state index contributed by atoms with van der Waals surface area (Å²) in [5.41, 5.74) is 3.30. The summed E-state index contributed by atoms with van der Waals surface area (Å²) in [6.07, 6.45) is 6.31. The van der Waals surface area contributed by atoms with Crippen LogP contribution in [0.5, 0.6) is 17.2 Å². The van der Waals surface area contributed by atoms with Crippen molar-refractivity contribution in [3.63, 3.8) is 0 Å². The molecule has 0 unspecified atom stereocenters. The topological polar surface area (TPSA) is 48.0 Å². The highest BCUT2D eigenvalue weighted by Crippen LogP contribution is 2.45. The standard InChI is InChI=1S/C24H26ClNO4/c1-26-13-11-17(12-14-26)23-22(29-3)15-21(28-2)19(24(23)30-4)9-10-20(27)16-5-7-18(25)8-6-16/h5-11,15H,12-14H2,1-4H3/b10-9+. The molecule has 6 heteroatoms. The molecular weight excluding hydrogens is 402 g/mol. The summed E-state index contributed by atoms with van der Waals surface area (Å²) in [5.74, 6) is 1.75. The average molecular weight is 428 g/mol. The molecule has 30 heavy (non-hydrogen) atoms. The van der Waals surface area contributed by atoms with Crippen LogP contribution in [0.25, 0.3) is 11.6 Å². The Labute approximate surface area is 182 Å². The van der Waals surface area contributed by atoms with E-state index >= 15 is 0 Å². The number of allylic oxidation sites excluding steroid dienone is 1. The van der Waals surface area contributed by atoms with Gasteiger partial charge in [-0.1, -0.05) is 17.7 Å². The molecule has 2 aromatic rings. The van der Waals surface area contributed by atoms with E-state index in [1.807, 2.05) is 6.07 Å². The number of likely N-dealkylation sites (N-methyl/N-ethyl adjacent to an activating group) is 1. The number of carbonyl (C=O) groups excluding carboxylic acids is 1. The Kier molecular flexibility index (Phi) is 7.19. The first kappa shape index (κ1) is 21.9. The van der Waals surface area contributed by atoms with Crippen LogP contribution in [-0.2, 0) is 0 Å². The van der Waals surface area contributed by atoms with E-state index < -0.39 is 0 Å². The van der Waals surface area contributed by atoms with Crippen LogP contribution in [0.15, 0.2) is 42.5 Å². The van der Waals surface area contributed by atoms with Gasteiger partial charge in [0, 0.05) is 29.7 Å². The number of benzene rings is 2. The van der Waals surface area contributed by atoms with Gasteiger partial charge in [0.25, 0.3) is 0 Å². The lowest BCUT2D eigenvalue weighted by Gasteiger charge is -2.25. The summed E-state index contributed by atoms with van der Waals surface area (Å²) < 4.78 is 17.0. The van der Waals surface area contributed by atoms with Crippen molar-refractivity contribution in [2.75, 3.05) is 41.5 Å². The first-order valence-corrected chi connectivity index (χ1v) is 10.0. The third-order valence-corrected chi connectivity index (χ3v) is 5.41. The third-order valence-electron chi connectivity index (χ3n) is 5.15. The normalized spacial score (nSPS) is 14.5. The lowest BCUT2D eigenvalue weighted by Crippen LogP contribution is -2.24. The van der Waals surface area contributed by atoms with E-state index in [2.05, 4.69) is 18.0 Å². The Hall–Kier alpha value is -2.76. The van der Waals surface area contributed by atoms with Crippen molar-refractivity contribution in [1.82, 2.24) is 4.90 Å². The predicted molar refractivity (Wildman–Crippen MR) is 121 cm³/mol. The molecule has 0 saturated heterocycles. The Bertz CT molecular complexity index is 980. The first-order chi connectivity index (χ1) is 14.5. The molecule has 0 aliphatic carbocycles. The Balaban J connectivity index is 2.07. The fraction of sp³-hybridized carbons (Fsp3) is 0.292. The zero-order valence-electron chi connectivity index (χ0n) is 17.7. The van der Waals surface area contributed by atoms with E-state index in [1.54, 1.807) is 51.7 Å². The zero-order chi connectivity index (χ0) is 21.7. The van der Waals surface area contributed by atoms with Gasteiger partial charge in [-0.15, -0.1) is 0 Å². The number of nitrogens with zero attached hydrogens (tertiary/aromatic N) is 1. The number of ether oxygens (including phenoxy) is 3. The molecule has 0 N–H and O–H groups in total. The monoisotopic (exact) mass is 427 g/mol. The molecule has 0 saturated carbocycles. The van der Waals surface area contributed by atoms with Crippen molar-refractivity contribution in [2.45, 2.75) is 6.42 Å². The quantitative estimate of drug-likeness (QED) is 0.460. The number of hydrogen-bond donors (Lipinski definition) is 0. The second-order valence-corrected chi connectivity index (χ2v) is 7.49. The van der Waals surface area contributed by atoms with E-state index in [9.17, 15) is 4.79 Å². The summed E-state index contributed by atoms with van der Waals surface area (Å²) in [5, 5.41) is 0.588. The number of carbonyl (C=O) groups is 1. The van der Waals surface area contributed by atoms with E-state index in [0.717, 1.165) is 30.6 Å². The summed E-state index contributed by atoms with van der Waals surface area (Å²) >= 11 is 5.91. The van der Waals surface area contributed by atoms with Crippen LogP contribution in [0.3, 0.4) is 0 Å². The highest BCUT2D eigenvalue weighted by Gasteiger charge is 2.23. The summed E-state index contributed by atoms with van der Waals surface area (Å²) in [6, 6.07) is 8.63. The molecule has 0 atom stereocenters. The maximum atomic E-state index is 12.6. The maximum Gasteiger partial charge on any atom is 0.185 e. The fourth-order valence-corrected chi connectivity index (χ4v) is 3.62. The van der Waals surface area contributed by atoms with Crippen LogP contribution in [0.1, 0.15) is 27.9 Å². The number of ketones is 1. The van der Waals surface area contributed by atoms with Gasteiger partial charge >= 0.3 is 0 Å². The van der Waals surface area contributed by atoms with Gasteiger partial charge in [0.05, 0.1) is 32.5 Å². The highest BCUT2D eigenvalue weighted by molar-refractivity contribution is 6.30. The van der Waals surface area contributed by atoms with Crippen molar-refractivity contribution in [3.8, 4) is 17.2 Å². The minimum absolute atomic E-state index is 0.133. The second-order valence-electron chi connectivity index (χ2n) is 7.05. The number of halogens is 1. The molecule has 0 aromatic heterocycles. The van der Waals surface area contributed by atoms with Crippen LogP contribution in [0.4, 0.5) is 0 Å². The maximum absolute atomic E-state index is 12.6. The Morgan fingerprint density at radius 2 is 1.77 bits per heavy atom. The van der Waals surface area contributed by atoms with Crippen molar-refractivity contribution in [1.29, 1.82) is 0 Å². The van der Waals surface area contributed by atoms with Crippen LogP contribution in [-0.4, -0.2) is 52.1 Å². The average Bonchev–Trinajstić information content (AvgIpc) is 2.77. The molecule has 1 aliphatic heterocycles. The largest absolute Gasteiger partial charge is 0.496 e. The van der Waals surface area contributed by atoms with Gasteiger partial charge < -0.3 is 19.1 Å².